The Labute approximate surface area is 118 Å². The third-order valence-electron chi connectivity index (χ3n) is 4.88. The molecule has 2 bridgehead atoms. The van der Waals surface area contributed by atoms with Gasteiger partial charge in [-0.05, 0) is 32.1 Å². The second kappa shape index (κ2) is 5.69. The second-order valence-electron chi connectivity index (χ2n) is 6.09. The number of hydrogen-bond acceptors (Lipinski definition) is 4. The highest BCUT2D eigenvalue weighted by atomic mass is 16.5. The SMILES string of the molecule is O=C(CN1C2CCC1C(C(=O)O)C2)NCC1CCCO1. The molecule has 0 radical (unpaired) electrons. The summed E-state index contributed by atoms with van der Waals surface area (Å²) in [6, 6.07) is 0.320. The van der Waals surface area contributed by atoms with Crippen LogP contribution in [-0.2, 0) is 14.3 Å². The number of fused-ring (bicyclic) bond motifs is 2. The van der Waals surface area contributed by atoms with Crippen LogP contribution < -0.4 is 5.32 Å². The van der Waals surface area contributed by atoms with Crippen molar-refractivity contribution in [3.8, 4) is 0 Å². The van der Waals surface area contributed by atoms with Crippen LogP contribution in [-0.4, -0.2) is 59.8 Å². The predicted molar refractivity (Wildman–Crippen MR) is 71.2 cm³/mol. The number of carboxylic acids is 1. The van der Waals surface area contributed by atoms with Gasteiger partial charge in [-0.2, -0.15) is 0 Å². The first-order chi connectivity index (χ1) is 9.65. The van der Waals surface area contributed by atoms with Gasteiger partial charge in [-0.15, -0.1) is 0 Å². The molecule has 4 unspecified atom stereocenters. The highest BCUT2D eigenvalue weighted by Gasteiger charge is 2.49. The van der Waals surface area contributed by atoms with Gasteiger partial charge in [-0.1, -0.05) is 0 Å². The summed E-state index contributed by atoms with van der Waals surface area (Å²) in [5.41, 5.74) is 0. The zero-order valence-electron chi connectivity index (χ0n) is 11.6. The third-order valence-corrected chi connectivity index (χ3v) is 4.88. The van der Waals surface area contributed by atoms with E-state index in [1.807, 2.05) is 0 Å². The first-order valence-electron chi connectivity index (χ1n) is 7.52. The Kier molecular flexibility index (Phi) is 3.94. The van der Waals surface area contributed by atoms with Crippen LogP contribution in [0, 0.1) is 5.92 Å². The van der Waals surface area contributed by atoms with E-state index < -0.39 is 5.97 Å². The molecule has 0 saturated carbocycles. The van der Waals surface area contributed by atoms with Gasteiger partial charge in [0.2, 0.25) is 5.91 Å². The summed E-state index contributed by atoms with van der Waals surface area (Å²) in [5, 5.41) is 12.1. The molecular weight excluding hydrogens is 260 g/mol. The van der Waals surface area contributed by atoms with Crippen molar-refractivity contribution in [2.24, 2.45) is 5.92 Å². The summed E-state index contributed by atoms with van der Waals surface area (Å²) < 4.78 is 5.47. The Bertz CT molecular complexity index is 395. The summed E-state index contributed by atoms with van der Waals surface area (Å²) in [7, 11) is 0. The maximum Gasteiger partial charge on any atom is 0.308 e. The van der Waals surface area contributed by atoms with Crippen LogP contribution in [0.2, 0.25) is 0 Å². The standard InChI is InChI=1S/C14H22N2O4/c17-13(15-7-10-2-1-5-20-10)8-16-9-3-4-12(16)11(6-9)14(18)19/h9-12H,1-8H2,(H,15,17)(H,18,19). The molecule has 2 N–H and O–H groups in total. The van der Waals surface area contributed by atoms with Crippen LogP contribution in [0.1, 0.15) is 32.1 Å². The van der Waals surface area contributed by atoms with E-state index in [1.54, 1.807) is 0 Å². The molecule has 6 heteroatoms. The van der Waals surface area contributed by atoms with E-state index in [0.29, 0.717) is 19.5 Å². The van der Waals surface area contributed by atoms with Gasteiger partial charge >= 0.3 is 5.97 Å². The number of carbonyl (C=O) groups is 2. The Morgan fingerprint density at radius 2 is 2.15 bits per heavy atom. The van der Waals surface area contributed by atoms with E-state index >= 15 is 0 Å². The maximum atomic E-state index is 12.0. The molecule has 0 aliphatic carbocycles. The topological polar surface area (TPSA) is 78.9 Å². The number of rotatable bonds is 5. The van der Waals surface area contributed by atoms with E-state index in [0.717, 1.165) is 32.3 Å². The van der Waals surface area contributed by atoms with Gasteiger partial charge in [0.15, 0.2) is 0 Å². The van der Waals surface area contributed by atoms with Gasteiger partial charge in [0, 0.05) is 25.2 Å². The molecule has 3 aliphatic heterocycles. The molecule has 3 heterocycles. The van der Waals surface area contributed by atoms with Gasteiger partial charge < -0.3 is 15.2 Å². The molecule has 0 aromatic carbocycles. The van der Waals surface area contributed by atoms with E-state index in [4.69, 9.17) is 4.74 Å². The molecule has 3 rings (SSSR count). The summed E-state index contributed by atoms with van der Waals surface area (Å²) >= 11 is 0. The quantitative estimate of drug-likeness (QED) is 0.754. The fraction of sp³-hybridized carbons (Fsp3) is 0.857. The molecule has 1 amide bonds. The number of nitrogens with one attached hydrogen (secondary N) is 1. The van der Waals surface area contributed by atoms with Crippen LogP contribution in [0.3, 0.4) is 0 Å². The van der Waals surface area contributed by atoms with Crippen molar-refractivity contribution in [2.45, 2.75) is 50.3 Å². The first-order valence-corrected chi connectivity index (χ1v) is 7.52. The number of carboxylic acid groups (broad SMARTS) is 1. The van der Waals surface area contributed by atoms with Crippen LogP contribution in [0.5, 0.6) is 0 Å². The van der Waals surface area contributed by atoms with Crippen LogP contribution in [0.4, 0.5) is 0 Å². The molecule has 20 heavy (non-hydrogen) atoms. The smallest absolute Gasteiger partial charge is 0.308 e. The van der Waals surface area contributed by atoms with Gasteiger partial charge in [-0.25, -0.2) is 0 Å². The lowest BCUT2D eigenvalue weighted by atomic mass is 9.89. The normalized spacial score (nSPS) is 36.4. The molecule has 6 nitrogen and oxygen atoms in total. The zero-order chi connectivity index (χ0) is 14.1. The van der Waals surface area contributed by atoms with E-state index in [-0.39, 0.29) is 30.0 Å². The minimum absolute atomic E-state index is 0.0107. The van der Waals surface area contributed by atoms with E-state index in [9.17, 15) is 14.7 Å². The monoisotopic (exact) mass is 282 g/mol. The van der Waals surface area contributed by atoms with Crippen molar-refractivity contribution >= 4 is 11.9 Å². The number of nitrogens with zero attached hydrogens (tertiary/aromatic N) is 1. The largest absolute Gasteiger partial charge is 0.481 e. The van der Waals surface area contributed by atoms with Gasteiger partial charge in [0.05, 0.1) is 18.6 Å². The molecule has 3 aliphatic rings. The van der Waals surface area contributed by atoms with Crippen molar-refractivity contribution in [2.75, 3.05) is 19.7 Å². The summed E-state index contributed by atoms with van der Waals surface area (Å²) in [6.45, 7) is 1.69. The van der Waals surface area contributed by atoms with Crippen molar-refractivity contribution in [1.82, 2.24) is 10.2 Å². The lowest BCUT2D eigenvalue weighted by Gasteiger charge is -2.22. The average Bonchev–Trinajstić information content (AvgIpc) is 3.13. The zero-order valence-corrected chi connectivity index (χ0v) is 11.6. The number of carbonyl (C=O) groups excluding carboxylic acids is 1. The van der Waals surface area contributed by atoms with Crippen LogP contribution >= 0.6 is 0 Å². The highest BCUT2D eigenvalue weighted by Crippen LogP contribution is 2.41. The fourth-order valence-electron chi connectivity index (χ4n) is 3.87. The lowest BCUT2D eigenvalue weighted by molar-refractivity contribution is -0.143. The lowest BCUT2D eigenvalue weighted by Crippen LogP contribution is -2.43. The Morgan fingerprint density at radius 3 is 2.80 bits per heavy atom. The molecule has 4 atom stereocenters. The molecule has 0 aromatic rings. The van der Waals surface area contributed by atoms with Crippen molar-refractivity contribution in [1.29, 1.82) is 0 Å². The Balaban J connectivity index is 1.48. The molecule has 3 fully saturated rings. The fourth-order valence-corrected chi connectivity index (χ4v) is 3.87. The average molecular weight is 282 g/mol. The van der Waals surface area contributed by atoms with Crippen molar-refractivity contribution < 1.29 is 19.4 Å². The maximum absolute atomic E-state index is 12.0. The molecule has 0 spiro atoms. The second-order valence-corrected chi connectivity index (χ2v) is 6.09. The first kappa shape index (κ1) is 13.8. The number of ether oxygens (including phenoxy) is 1. The summed E-state index contributed by atoms with van der Waals surface area (Å²) in [5.74, 6) is -1.02. The molecule has 0 aromatic heterocycles. The molecule has 3 saturated heterocycles. The van der Waals surface area contributed by atoms with Gasteiger partial charge in [0.25, 0.3) is 0 Å². The highest BCUT2D eigenvalue weighted by molar-refractivity contribution is 5.78. The van der Waals surface area contributed by atoms with Gasteiger partial charge in [0.1, 0.15) is 0 Å². The number of amides is 1. The molecular formula is C14H22N2O4. The van der Waals surface area contributed by atoms with Crippen molar-refractivity contribution in [3.05, 3.63) is 0 Å². The summed E-state index contributed by atoms with van der Waals surface area (Å²) in [4.78, 5) is 25.3. The van der Waals surface area contributed by atoms with Gasteiger partial charge in [-0.3, -0.25) is 14.5 Å². The third kappa shape index (κ3) is 2.67. The van der Waals surface area contributed by atoms with Crippen LogP contribution in [0.15, 0.2) is 0 Å². The van der Waals surface area contributed by atoms with E-state index in [2.05, 4.69) is 10.2 Å². The van der Waals surface area contributed by atoms with E-state index in [1.165, 1.54) is 0 Å². The predicted octanol–water partition coefficient (Wildman–Crippen LogP) is 0.219. The summed E-state index contributed by atoms with van der Waals surface area (Å²) in [6.07, 6.45) is 4.85. The van der Waals surface area contributed by atoms with Crippen molar-refractivity contribution in [3.63, 3.8) is 0 Å². The van der Waals surface area contributed by atoms with Crippen LogP contribution in [0.25, 0.3) is 0 Å². The molecule has 112 valence electrons. The Hall–Kier alpha value is -1.14. The minimum atomic E-state index is -0.720. The minimum Gasteiger partial charge on any atom is -0.481 e. The number of aliphatic carboxylic acids is 1. The number of hydrogen-bond donors (Lipinski definition) is 2. The Morgan fingerprint density at radius 1 is 1.30 bits per heavy atom.